The lowest BCUT2D eigenvalue weighted by Crippen LogP contribution is -2.68. The molecule has 166 valence electrons. The topological polar surface area (TPSA) is 98.0 Å². The summed E-state index contributed by atoms with van der Waals surface area (Å²) in [6, 6.07) is 0. The Morgan fingerprint density at radius 1 is 1.00 bits per heavy atom. The normalized spacial score (nSPS) is 49.6. The molecule has 0 aromatic carbocycles. The van der Waals surface area contributed by atoms with E-state index >= 15 is 0 Å². The fourth-order valence-corrected chi connectivity index (χ4v) is 8.90. The van der Waals surface area contributed by atoms with Crippen molar-refractivity contribution in [3.05, 3.63) is 0 Å². The van der Waals surface area contributed by atoms with Gasteiger partial charge in [-0.05, 0) is 98.7 Å². The molecular weight excluding hydrogens is 368 g/mol. The summed E-state index contributed by atoms with van der Waals surface area (Å²) in [6.07, 6.45) is 7.91. The van der Waals surface area contributed by atoms with E-state index in [0.717, 1.165) is 44.9 Å². The van der Waals surface area contributed by atoms with Crippen LogP contribution in [-0.4, -0.2) is 38.3 Å². The maximum absolute atomic E-state index is 11.1. The Morgan fingerprint density at radius 3 is 2.38 bits per heavy atom. The Labute approximate surface area is 174 Å². The minimum Gasteiger partial charge on any atom is -0.481 e. The molecule has 4 N–H and O–H groups in total. The van der Waals surface area contributed by atoms with Gasteiger partial charge in [-0.3, -0.25) is 4.79 Å². The summed E-state index contributed by atoms with van der Waals surface area (Å²) < 4.78 is 0. The summed E-state index contributed by atoms with van der Waals surface area (Å²) in [5, 5.41) is 41.6. The van der Waals surface area contributed by atoms with Crippen molar-refractivity contribution < 1.29 is 25.2 Å². The van der Waals surface area contributed by atoms with E-state index in [1.807, 2.05) is 6.92 Å². The number of fused-ring (bicyclic) bond motifs is 5. The highest BCUT2D eigenvalue weighted by atomic mass is 16.5. The molecule has 5 heteroatoms. The number of carbonyl (C=O) groups is 1. The van der Waals surface area contributed by atoms with E-state index < -0.39 is 23.3 Å². The Hall–Kier alpha value is -0.650. The van der Waals surface area contributed by atoms with Crippen molar-refractivity contribution in [2.24, 2.45) is 46.3 Å². The molecule has 0 aromatic heterocycles. The Balaban J connectivity index is 1.58. The van der Waals surface area contributed by atoms with Crippen molar-refractivity contribution in [2.75, 3.05) is 0 Å². The first-order valence-corrected chi connectivity index (χ1v) is 11.9. The molecular formula is C24H40O5. The molecule has 0 aliphatic heterocycles. The van der Waals surface area contributed by atoms with Gasteiger partial charge in [-0.25, -0.2) is 0 Å². The molecule has 0 bridgehead atoms. The average Bonchev–Trinajstić information content (AvgIpc) is 3.01. The van der Waals surface area contributed by atoms with E-state index in [9.17, 15) is 20.1 Å². The zero-order valence-corrected chi connectivity index (χ0v) is 18.3. The van der Waals surface area contributed by atoms with Gasteiger partial charge in [0.2, 0.25) is 0 Å². The summed E-state index contributed by atoms with van der Waals surface area (Å²) in [6.45, 7) is 6.70. The fourth-order valence-electron chi connectivity index (χ4n) is 8.90. The molecule has 4 rings (SSSR count). The van der Waals surface area contributed by atoms with Crippen LogP contribution in [0.15, 0.2) is 0 Å². The van der Waals surface area contributed by atoms with Crippen molar-refractivity contribution in [3.63, 3.8) is 0 Å². The van der Waals surface area contributed by atoms with E-state index in [2.05, 4.69) is 13.8 Å². The quantitative estimate of drug-likeness (QED) is 0.531. The van der Waals surface area contributed by atoms with Gasteiger partial charge in [0.05, 0.1) is 0 Å². The number of aliphatic carboxylic acids is 1. The van der Waals surface area contributed by atoms with Crippen LogP contribution in [0.4, 0.5) is 0 Å². The second kappa shape index (κ2) is 7.20. The van der Waals surface area contributed by atoms with E-state index in [1.165, 1.54) is 6.42 Å². The van der Waals surface area contributed by atoms with E-state index in [1.54, 1.807) is 0 Å². The lowest BCUT2D eigenvalue weighted by molar-refractivity contribution is -0.349. The van der Waals surface area contributed by atoms with Crippen LogP contribution >= 0.6 is 0 Å². The lowest BCUT2D eigenvalue weighted by Gasteiger charge is -2.64. The Kier molecular flexibility index (Phi) is 5.36. The highest BCUT2D eigenvalue weighted by Crippen LogP contribution is 2.69. The Bertz CT molecular complexity index is 647. The van der Waals surface area contributed by atoms with Crippen molar-refractivity contribution in [1.29, 1.82) is 0 Å². The van der Waals surface area contributed by atoms with Gasteiger partial charge in [0.1, 0.15) is 6.10 Å². The van der Waals surface area contributed by atoms with Crippen LogP contribution in [0.5, 0.6) is 0 Å². The smallest absolute Gasteiger partial charge is 0.303 e. The zero-order valence-electron chi connectivity index (χ0n) is 18.3. The second-order valence-corrected chi connectivity index (χ2v) is 11.4. The lowest BCUT2D eigenvalue weighted by atomic mass is 9.43. The summed E-state index contributed by atoms with van der Waals surface area (Å²) >= 11 is 0. The standard InChI is InChI=1S/C24H40O5/c1-14(4-11-21(26)27)17-8-9-18-16-7-5-15-6-10-20(25)24(28,29)23(15,3)19(16)12-13-22(17,18)2/h14-20,25,28-29H,4-13H2,1-3H3,(H,26,27)/t14-,15?,16+,17-,18+,19+,20?,22-,23+/m1/s1. The number of hydrogen-bond acceptors (Lipinski definition) is 4. The maximum atomic E-state index is 11.1. The van der Waals surface area contributed by atoms with Crippen molar-refractivity contribution in [1.82, 2.24) is 0 Å². The van der Waals surface area contributed by atoms with Gasteiger partial charge < -0.3 is 20.4 Å². The highest BCUT2D eigenvalue weighted by molar-refractivity contribution is 5.66. The number of carboxylic acid groups (broad SMARTS) is 1. The number of aliphatic hydroxyl groups is 3. The monoisotopic (exact) mass is 408 g/mol. The summed E-state index contributed by atoms with van der Waals surface area (Å²) in [4.78, 5) is 11.1. The predicted octanol–water partition coefficient (Wildman–Crippen LogP) is 3.80. The summed E-state index contributed by atoms with van der Waals surface area (Å²) in [5.74, 6) is -0.152. The van der Waals surface area contributed by atoms with Crippen molar-refractivity contribution in [3.8, 4) is 0 Å². The van der Waals surface area contributed by atoms with Crippen LogP contribution in [0.3, 0.4) is 0 Å². The van der Waals surface area contributed by atoms with Crippen LogP contribution < -0.4 is 0 Å². The van der Waals surface area contributed by atoms with E-state index in [-0.39, 0.29) is 23.7 Å². The SMILES string of the molecule is C[C@H](CCC(=O)O)[C@H]1CC[C@H]2[C@@H]3CCC4CCC(O)C(O)(O)[C@]4(C)[C@H]3CC[C@]12C. The first-order valence-electron chi connectivity index (χ1n) is 11.9. The molecule has 5 nitrogen and oxygen atoms in total. The molecule has 4 aliphatic rings. The third kappa shape index (κ3) is 3.02. The zero-order chi connectivity index (χ0) is 21.2. The number of rotatable bonds is 4. The van der Waals surface area contributed by atoms with Gasteiger partial charge in [0.25, 0.3) is 0 Å². The van der Waals surface area contributed by atoms with Gasteiger partial charge in [-0.2, -0.15) is 0 Å². The average molecular weight is 409 g/mol. The Morgan fingerprint density at radius 2 is 1.69 bits per heavy atom. The molecule has 4 aliphatic carbocycles. The number of aliphatic hydroxyl groups excluding tert-OH is 1. The molecule has 4 fully saturated rings. The van der Waals surface area contributed by atoms with Crippen LogP contribution in [0.25, 0.3) is 0 Å². The van der Waals surface area contributed by atoms with Crippen LogP contribution in [0.1, 0.15) is 85.0 Å². The van der Waals surface area contributed by atoms with E-state index in [4.69, 9.17) is 5.11 Å². The van der Waals surface area contributed by atoms with Gasteiger partial charge in [-0.1, -0.05) is 20.8 Å². The van der Waals surface area contributed by atoms with Crippen LogP contribution in [0, 0.1) is 46.3 Å². The molecule has 4 saturated carbocycles. The van der Waals surface area contributed by atoms with Crippen LogP contribution in [-0.2, 0) is 4.79 Å². The maximum Gasteiger partial charge on any atom is 0.303 e. The number of hydrogen-bond donors (Lipinski definition) is 4. The largest absolute Gasteiger partial charge is 0.481 e. The number of carboxylic acids is 1. The second-order valence-electron chi connectivity index (χ2n) is 11.4. The molecule has 0 amide bonds. The third-order valence-corrected chi connectivity index (χ3v) is 10.5. The van der Waals surface area contributed by atoms with E-state index in [0.29, 0.717) is 30.1 Å². The molecule has 2 unspecified atom stereocenters. The molecule has 0 spiro atoms. The summed E-state index contributed by atoms with van der Waals surface area (Å²) in [5.41, 5.74) is -0.412. The van der Waals surface area contributed by atoms with Gasteiger partial charge in [-0.15, -0.1) is 0 Å². The minimum atomic E-state index is -2.00. The fraction of sp³-hybridized carbons (Fsp3) is 0.958. The first kappa shape index (κ1) is 21.6. The molecule has 0 radical (unpaired) electrons. The molecule has 0 heterocycles. The minimum absolute atomic E-state index is 0.225. The molecule has 9 atom stereocenters. The predicted molar refractivity (Wildman–Crippen MR) is 110 cm³/mol. The van der Waals surface area contributed by atoms with Crippen molar-refractivity contribution >= 4 is 5.97 Å². The molecule has 0 saturated heterocycles. The summed E-state index contributed by atoms with van der Waals surface area (Å²) in [7, 11) is 0. The molecule has 29 heavy (non-hydrogen) atoms. The highest BCUT2D eigenvalue weighted by Gasteiger charge is 2.67. The van der Waals surface area contributed by atoms with Gasteiger partial charge in [0, 0.05) is 11.8 Å². The molecule has 0 aromatic rings. The van der Waals surface area contributed by atoms with Crippen molar-refractivity contribution in [2.45, 2.75) is 96.9 Å². The first-order chi connectivity index (χ1) is 13.5. The third-order valence-electron chi connectivity index (χ3n) is 10.5. The van der Waals surface area contributed by atoms with Gasteiger partial charge in [0.15, 0.2) is 5.79 Å². The van der Waals surface area contributed by atoms with Gasteiger partial charge >= 0.3 is 5.97 Å². The van der Waals surface area contributed by atoms with Crippen LogP contribution in [0.2, 0.25) is 0 Å².